The zero-order valence-corrected chi connectivity index (χ0v) is 22.4. The zero-order valence-electron chi connectivity index (χ0n) is 22.4. The Morgan fingerprint density at radius 3 is 2.30 bits per heavy atom. The predicted octanol–water partition coefficient (Wildman–Crippen LogP) is -1.10. The summed E-state index contributed by atoms with van der Waals surface area (Å²) < 4.78 is 5.28. The summed E-state index contributed by atoms with van der Waals surface area (Å²) in [5, 5.41) is 26.1. The number of nitriles is 1. The standard InChI is InChI=1S/C28H28N4O8/c1-10-15(9-33)25(37)20-14(23(10)35)6-17-22-21-13(24(36)11(2)27(40-4)26(21)38)5-16(31-22)18(7-29)32(17)19(20)8-30-28(39)12(3)34/h16-19,22,31,33H,5-6,8-9H2,1-4H3,(H,30,39)/t16-,17-,18-,19-,22+/m0/s1. The van der Waals surface area contributed by atoms with Gasteiger partial charge in [-0.3, -0.25) is 33.7 Å². The topological polar surface area (TPSA) is 183 Å². The maximum Gasteiger partial charge on any atom is 0.287 e. The third-order valence-electron chi connectivity index (χ3n) is 8.62. The summed E-state index contributed by atoms with van der Waals surface area (Å²) in [7, 11) is 1.30. The third kappa shape index (κ3) is 3.76. The fourth-order valence-corrected chi connectivity index (χ4v) is 6.73. The number of Topliss-reactive ketones (excluding diaryl/α,β-unsaturated/α-hetero) is 5. The maximum absolute atomic E-state index is 13.6. The van der Waals surface area contributed by atoms with Crippen LogP contribution >= 0.6 is 0 Å². The van der Waals surface area contributed by atoms with Gasteiger partial charge in [-0.25, -0.2) is 0 Å². The number of carbonyl (C=O) groups is 6. The van der Waals surface area contributed by atoms with Crippen LogP contribution in [-0.4, -0.2) is 95.3 Å². The number of ether oxygens (including phenoxy) is 1. The molecule has 0 aromatic heterocycles. The summed E-state index contributed by atoms with van der Waals surface area (Å²) in [5.74, 6) is -3.57. The second-order valence-corrected chi connectivity index (χ2v) is 10.6. The first-order valence-electron chi connectivity index (χ1n) is 12.9. The summed E-state index contributed by atoms with van der Waals surface area (Å²) in [5.41, 5.74) is 0.899. The van der Waals surface area contributed by atoms with Crippen LogP contribution in [0.2, 0.25) is 0 Å². The van der Waals surface area contributed by atoms with Crippen LogP contribution in [-0.2, 0) is 33.5 Å². The lowest BCUT2D eigenvalue weighted by Crippen LogP contribution is -2.74. The summed E-state index contributed by atoms with van der Waals surface area (Å²) in [6, 6.07) is -1.83. The van der Waals surface area contributed by atoms with Crippen LogP contribution in [0, 0.1) is 11.3 Å². The van der Waals surface area contributed by atoms with Gasteiger partial charge in [-0.1, -0.05) is 0 Å². The molecule has 12 heteroatoms. The van der Waals surface area contributed by atoms with Gasteiger partial charge in [0.2, 0.25) is 11.6 Å². The van der Waals surface area contributed by atoms with Crippen LogP contribution < -0.4 is 10.6 Å². The largest absolute Gasteiger partial charge is 0.492 e. The number of piperazine rings is 1. The van der Waals surface area contributed by atoms with Crippen molar-refractivity contribution in [2.24, 2.45) is 0 Å². The molecule has 5 rings (SSSR count). The third-order valence-corrected chi connectivity index (χ3v) is 8.62. The van der Waals surface area contributed by atoms with Crippen LogP contribution in [0.1, 0.15) is 33.6 Å². The van der Waals surface area contributed by atoms with Crippen molar-refractivity contribution in [2.75, 3.05) is 20.3 Å². The lowest BCUT2D eigenvalue weighted by molar-refractivity contribution is -0.137. The van der Waals surface area contributed by atoms with E-state index in [1.165, 1.54) is 21.0 Å². The van der Waals surface area contributed by atoms with Gasteiger partial charge in [0.05, 0.1) is 31.9 Å². The summed E-state index contributed by atoms with van der Waals surface area (Å²) >= 11 is 0. The molecule has 5 atom stereocenters. The molecule has 208 valence electrons. The molecule has 2 aliphatic carbocycles. The molecule has 3 N–H and O–H groups in total. The number of allylic oxidation sites excluding steroid dienone is 3. The van der Waals surface area contributed by atoms with E-state index in [0.717, 1.165) is 6.92 Å². The van der Waals surface area contributed by atoms with Gasteiger partial charge in [-0.05, 0) is 26.7 Å². The first-order valence-corrected chi connectivity index (χ1v) is 12.9. The highest BCUT2D eigenvalue weighted by molar-refractivity contribution is 6.35. The van der Waals surface area contributed by atoms with E-state index >= 15 is 0 Å². The van der Waals surface area contributed by atoms with Gasteiger partial charge in [-0.15, -0.1) is 0 Å². The lowest BCUT2D eigenvalue weighted by Gasteiger charge is -2.57. The van der Waals surface area contributed by atoms with Gasteiger partial charge >= 0.3 is 0 Å². The van der Waals surface area contributed by atoms with E-state index in [0.29, 0.717) is 5.57 Å². The molecule has 0 radical (unpaired) electrons. The molecule has 3 heterocycles. The van der Waals surface area contributed by atoms with Crippen molar-refractivity contribution in [2.45, 2.75) is 63.8 Å². The number of fused-ring (bicyclic) bond motifs is 5. The predicted molar refractivity (Wildman–Crippen MR) is 136 cm³/mol. The van der Waals surface area contributed by atoms with E-state index < -0.39 is 65.9 Å². The number of amides is 1. The van der Waals surface area contributed by atoms with E-state index in [-0.39, 0.29) is 64.4 Å². The Labute approximate surface area is 229 Å². The quantitative estimate of drug-likeness (QED) is 0.280. The van der Waals surface area contributed by atoms with Gasteiger partial charge in [0, 0.05) is 64.6 Å². The Bertz CT molecular complexity index is 1490. The van der Waals surface area contributed by atoms with Crippen molar-refractivity contribution in [3.05, 3.63) is 44.8 Å². The molecule has 0 aromatic carbocycles. The fourth-order valence-electron chi connectivity index (χ4n) is 6.73. The van der Waals surface area contributed by atoms with Crippen LogP contribution in [0.25, 0.3) is 0 Å². The minimum atomic E-state index is -1.02. The van der Waals surface area contributed by atoms with E-state index in [1.807, 2.05) is 0 Å². The number of nitrogens with zero attached hydrogens (tertiary/aromatic N) is 2. The van der Waals surface area contributed by atoms with Crippen molar-refractivity contribution in [1.82, 2.24) is 15.5 Å². The van der Waals surface area contributed by atoms with E-state index in [2.05, 4.69) is 16.7 Å². The first-order chi connectivity index (χ1) is 19.0. The van der Waals surface area contributed by atoms with Gasteiger partial charge < -0.3 is 20.5 Å². The average Bonchev–Trinajstić information content (AvgIpc) is 2.93. The Morgan fingerprint density at radius 1 is 1.05 bits per heavy atom. The molecule has 0 aromatic rings. The summed E-state index contributed by atoms with van der Waals surface area (Å²) in [4.78, 5) is 79.7. The van der Waals surface area contributed by atoms with Gasteiger partial charge in [0.15, 0.2) is 23.1 Å². The van der Waals surface area contributed by atoms with E-state index in [9.17, 15) is 39.1 Å². The molecular weight excluding hydrogens is 520 g/mol. The Balaban J connectivity index is 1.68. The molecule has 0 saturated carbocycles. The molecule has 1 saturated heterocycles. The Hall–Kier alpha value is -4.05. The van der Waals surface area contributed by atoms with Crippen molar-refractivity contribution < 1.29 is 38.6 Å². The average molecular weight is 549 g/mol. The molecule has 2 bridgehead atoms. The van der Waals surface area contributed by atoms with E-state index in [1.54, 1.807) is 4.90 Å². The summed E-state index contributed by atoms with van der Waals surface area (Å²) in [6.45, 7) is 3.11. The van der Waals surface area contributed by atoms with Gasteiger partial charge in [0.1, 0.15) is 6.04 Å². The number of nitrogens with one attached hydrogen (secondary N) is 2. The number of hydrogen-bond acceptors (Lipinski definition) is 11. The van der Waals surface area contributed by atoms with Crippen molar-refractivity contribution in [1.29, 1.82) is 5.26 Å². The molecule has 1 amide bonds. The highest BCUT2D eigenvalue weighted by Crippen LogP contribution is 2.46. The number of methoxy groups -OCH3 is 1. The van der Waals surface area contributed by atoms with Gasteiger partial charge in [-0.2, -0.15) is 5.26 Å². The maximum atomic E-state index is 13.6. The van der Waals surface area contributed by atoms with Crippen LogP contribution in [0.15, 0.2) is 44.8 Å². The zero-order chi connectivity index (χ0) is 29.2. The van der Waals surface area contributed by atoms with Crippen molar-refractivity contribution >= 4 is 34.8 Å². The van der Waals surface area contributed by atoms with Crippen molar-refractivity contribution in [3.8, 4) is 6.07 Å². The monoisotopic (exact) mass is 548 g/mol. The van der Waals surface area contributed by atoms with Crippen LogP contribution in [0.3, 0.4) is 0 Å². The lowest BCUT2D eigenvalue weighted by atomic mass is 9.67. The number of carbonyl (C=O) groups excluding carboxylic acids is 6. The molecule has 12 nitrogen and oxygen atoms in total. The van der Waals surface area contributed by atoms with Crippen LogP contribution in [0.5, 0.6) is 0 Å². The summed E-state index contributed by atoms with van der Waals surface area (Å²) in [6.07, 6.45) is 0.0390. The van der Waals surface area contributed by atoms with Crippen molar-refractivity contribution in [3.63, 3.8) is 0 Å². The number of aliphatic hydroxyl groups is 1. The Morgan fingerprint density at radius 2 is 1.70 bits per heavy atom. The molecule has 0 unspecified atom stereocenters. The molecule has 1 fully saturated rings. The minimum Gasteiger partial charge on any atom is -0.492 e. The fraction of sp³-hybridized carbons (Fsp3) is 0.464. The highest BCUT2D eigenvalue weighted by Gasteiger charge is 2.57. The normalized spacial score (nSPS) is 30.1. The molecule has 3 aliphatic heterocycles. The molecular formula is C28H28N4O8. The second-order valence-electron chi connectivity index (χ2n) is 10.6. The number of rotatable bonds is 5. The molecule has 0 spiro atoms. The Kier molecular flexibility index (Phi) is 6.78. The minimum absolute atomic E-state index is 0.0288. The highest BCUT2D eigenvalue weighted by atomic mass is 16.5. The smallest absolute Gasteiger partial charge is 0.287 e. The number of ketones is 5. The number of aliphatic hydroxyl groups excluding tert-OH is 1. The first kappa shape index (κ1) is 27.5. The van der Waals surface area contributed by atoms with E-state index in [4.69, 9.17) is 4.74 Å². The van der Waals surface area contributed by atoms with Gasteiger partial charge in [0.25, 0.3) is 5.91 Å². The molecule has 40 heavy (non-hydrogen) atoms. The van der Waals surface area contributed by atoms with Crippen LogP contribution in [0.4, 0.5) is 0 Å². The molecule has 5 aliphatic rings. The second kappa shape index (κ2) is 9.85. The SMILES string of the molecule is COC1=C(C)C(=O)C2=C(C1=O)[C@@H]1N[C@@H](C2)[C@H](C#N)N2[C@@H](CNC(=O)C(C)=O)C3=C(C[C@@H]12)C(=O)C(C)=C(CO)C3=O. The number of hydrogen-bond donors (Lipinski definition) is 3.